The second-order valence-corrected chi connectivity index (χ2v) is 15.7. The van der Waals surface area contributed by atoms with Gasteiger partial charge in [0, 0.05) is 27.7 Å². The van der Waals surface area contributed by atoms with Gasteiger partial charge in [0.1, 0.15) is 11.2 Å². The maximum atomic E-state index is 6.85. The van der Waals surface area contributed by atoms with Crippen LogP contribution in [0.15, 0.2) is 205 Å². The van der Waals surface area contributed by atoms with Crippen molar-refractivity contribution in [3.63, 3.8) is 0 Å². The molecule has 0 radical (unpaired) electrons. The molecular weight excluding hydrogens is 691 g/mol. The van der Waals surface area contributed by atoms with Crippen LogP contribution in [0.2, 0.25) is 0 Å². The lowest BCUT2D eigenvalue weighted by atomic mass is 9.82. The van der Waals surface area contributed by atoms with E-state index in [0.717, 1.165) is 50.1 Å². The summed E-state index contributed by atoms with van der Waals surface area (Å²) in [4.78, 5) is 2.43. The molecule has 0 amide bonds. The van der Waals surface area contributed by atoms with Crippen LogP contribution >= 0.6 is 0 Å². The fraction of sp³-hybridized carbons (Fsp3) is 0.0545. The molecule has 0 aliphatic heterocycles. The van der Waals surface area contributed by atoms with Crippen molar-refractivity contribution in [1.29, 1.82) is 0 Å². The standard InChI is InChI=1S/C55H39NO/c1-55(2)49-18-10-8-16-46(49)47-31-30-44(35-50(47)55)56(43-28-26-40(27-29-43)39-22-20-38(21-23-39)36-12-4-3-5-13-36)51-33-32-45(42-25-24-37-14-6-7-15-41(37)34-42)54-53(51)48-17-9-11-19-52(48)57-54/h3-35H,1-2H3. The molecular formula is C55H39NO. The fourth-order valence-electron chi connectivity index (χ4n) is 9.13. The van der Waals surface area contributed by atoms with Gasteiger partial charge in [-0.2, -0.15) is 0 Å². The number of hydrogen-bond acceptors (Lipinski definition) is 2. The molecule has 0 bridgehead atoms. The maximum absolute atomic E-state index is 6.85. The highest BCUT2D eigenvalue weighted by Gasteiger charge is 2.36. The van der Waals surface area contributed by atoms with Gasteiger partial charge in [-0.1, -0.05) is 166 Å². The highest BCUT2D eigenvalue weighted by Crippen LogP contribution is 2.52. The third-order valence-corrected chi connectivity index (χ3v) is 12.1. The van der Waals surface area contributed by atoms with Gasteiger partial charge in [0.15, 0.2) is 0 Å². The summed E-state index contributed by atoms with van der Waals surface area (Å²) in [7, 11) is 0. The van der Waals surface area contributed by atoms with Gasteiger partial charge in [-0.15, -0.1) is 0 Å². The van der Waals surface area contributed by atoms with E-state index in [9.17, 15) is 0 Å². The summed E-state index contributed by atoms with van der Waals surface area (Å²) >= 11 is 0. The van der Waals surface area contributed by atoms with E-state index >= 15 is 0 Å². The van der Waals surface area contributed by atoms with Crippen LogP contribution in [-0.2, 0) is 5.41 Å². The van der Waals surface area contributed by atoms with Crippen molar-refractivity contribution < 1.29 is 4.42 Å². The Morgan fingerprint density at radius 2 is 0.982 bits per heavy atom. The van der Waals surface area contributed by atoms with Crippen LogP contribution in [0.3, 0.4) is 0 Å². The number of fused-ring (bicyclic) bond motifs is 7. The Kier molecular flexibility index (Phi) is 7.55. The quantitative estimate of drug-likeness (QED) is 0.169. The number of furan rings is 1. The Bertz CT molecular complexity index is 3130. The molecule has 11 rings (SSSR count). The average molecular weight is 730 g/mol. The van der Waals surface area contributed by atoms with E-state index in [1.165, 1.54) is 55.3 Å². The van der Waals surface area contributed by atoms with Gasteiger partial charge in [0.05, 0.1) is 11.1 Å². The third kappa shape index (κ3) is 5.40. The molecule has 0 atom stereocenters. The number of rotatable bonds is 6. The van der Waals surface area contributed by atoms with Gasteiger partial charge in [-0.25, -0.2) is 0 Å². The van der Waals surface area contributed by atoms with Crippen molar-refractivity contribution in [3.8, 4) is 44.5 Å². The van der Waals surface area contributed by atoms with E-state index < -0.39 is 0 Å². The summed E-state index contributed by atoms with van der Waals surface area (Å²) in [5.74, 6) is 0. The normalized spacial score (nSPS) is 12.9. The molecule has 0 spiro atoms. The number of hydrogen-bond donors (Lipinski definition) is 0. The summed E-state index contributed by atoms with van der Waals surface area (Å²) in [5.41, 5.74) is 17.2. The van der Waals surface area contributed by atoms with Gasteiger partial charge in [-0.05, 0) is 109 Å². The topological polar surface area (TPSA) is 16.4 Å². The smallest absolute Gasteiger partial charge is 0.145 e. The van der Waals surface area contributed by atoms with Crippen LogP contribution in [0.1, 0.15) is 25.0 Å². The third-order valence-electron chi connectivity index (χ3n) is 12.1. The van der Waals surface area contributed by atoms with Gasteiger partial charge in [0.2, 0.25) is 0 Å². The Morgan fingerprint density at radius 3 is 1.77 bits per heavy atom. The van der Waals surface area contributed by atoms with Crippen molar-refractivity contribution in [2.45, 2.75) is 19.3 Å². The van der Waals surface area contributed by atoms with Gasteiger partial charge < -0.3 is 9.32 Å². The first-order valence-corrected chi connectivity index (χ1v) is 19.8. The number of para-hydroxylation sites is 1. The average Bonchev–Trinajstić information content (AvgIpc) is 3.77. The lowest BCUT2D eigenvalue weighted by Gasteiger charge is -2.29. The Labute approximate surface area is 332 Å². The molecule has 0 N–H and O–H groups in total. The van der Waals surface area contributed by atoms with Crippen molar-refractivity contribution in [3.05, 3.63) is 211 Å². The zero-order valence-corrected chi connectivity index (χ0v) is 31.9. The molecule has 0 unspecified atom stereocenters. The van der Waals surface area contributed by atoms with Crippen LogP contribution in [0, 0.1) is 0 Å². The summed E-state index contributed by atoms with van der Waals surface area (Å²) in [5, 5.41) is 4.63. The summed E-state index contributed by atoms with van der Waals surface area (Å²) in [6, 6.07) is 72.6. The van der Waals surface area contributed by atoms with Gasteiger partial charge >= 0.3 is 0 Å². The lowest BCUT2D eigenvalue weighted by Crippen LogP contribution is -2.16. The minimum Gasteiger partial charge on any atom is -0.455 e. The first-order chi connectivity index (χ1) is 28.0. The molecule has 2 heteroatoms. The van der Waals surface area contributed by atoms with E-state index in [0.29, 0.717) is 0 Å². The molecule has 57 heavy (non-hydrogen) atoms. The second kappa shape index (κ2) is 13.0. The minimum absolute atomic E-state index is 0.138. The molecule has 10 aromatic rings. The molecule has 1 heterocycles. The predicted octanol–water partition coefficient (Wildman–Crippen LogP) is 15.5. The minimum atomic E-state index is -0.138. The monoisotopic (exact) mass is 729 g/mol. The molecule has 1 aliphatic rings. The molecule has 1 aliphatic carbocycles. The summed E-state index contributed by atoms with van der Waals surface area (Å²) in [6.07, 6.45) is 0. The van der Waals surface area contributed by atoms with E-state index in [1.54, 1.807) is 0 Å². The highest BCUT2D eigenvalue weighted by atomic mass is 16.3. The van der Waals surface area contributed by atoms with E-state index in [4.69, 9.17) is 4.42 Å². The predicted molar refractivity (Wildman–Crippen MR) is 240 cm³/mol. The first-order valence-electron chi connectivity index (χ1n) is 19.8. The second-order valence-electron chi connectivity index (χ2n) is 15.7. The SMILES string of the molecule is CC1(C)c2ccccc2-c2ccc(N(c3ccc(-c4ccc(-c5ccccc5)cc4)cc3)c3ccc(-c4ccc5ccccc5c4)c4oc5ccccc5c34)cc21. The lowest BCUT2D eigenvalue weighted by molar-refractivity contribution is 0.660. The van der Waals surface area contributed by atoms with Crippen LogP contribution < -0.4 is 4.90 Å². The van der Waals surface area contributed by atoms with Crippen molar-refractivity contribution in [2.24, 2.45) is 0 Å². The number of benzene rings is 9. The van der Waals surface area contributed by atoms with Crippen LogP contribution in [0.4, 0.5) is 17.1 Å². The molecule has 0 saturated carbocycles. The Hall–Kier alpha value is -7.16. The largest absolute Gasteiger partial charge is 0.455 e. The maximum Gasteiger partial charge on any atom is 0.145 e. The van der Waals surface area contributed by atoms with E-state index in [-0.39, 0.29) is 5.41 Å². The van der Waals surface area contributed by atoms with Gasteiger partial charge in [0.25, 0.3) is 0 Å². The summed E-state index contributed by atoms with van der Waals surface area (Å²) in [6.45, 7) is 4.70. The zero-order valence-electron chi connectivity index (χ0n) is 31.9. The van der Waals surface area contributed by atoms with Crippen LogP contribution in [-0.4, -0.2) is 0 Å². The summed E-state index contributed by atoms with van der Waals surface area (Å²) < 4.78 is 6.85. The molecule has 2 nitrogen and oxygen atoms in total. The van der Waals surface area contributed by atoms with Crippen molar-refractivity contribution in [1.82, 2.24) is 0 Å². The van der Waals surface area contributed by atoms with Crippen LogP contribution in [0.25, 0.3) is 77.2 Å². The highest BCUT2D eigenvalue weighted by molar-refractivity contribution is 6.17. The van der Waals surface area contributed by atoms with Gasteiger partial charge in [-0.3, -0.25) is 0 Å². The van der Waals surface area contributed by atoms with Crippen LogP contribution in [0.5, 0.6) is 0 Å². The Balaban J connectivity index is 1.10. The Morgan fingerprint density at radius 1 is 0.404 bits per heavy atom. The molecule has 270 valence electrons. The number of anilines is 3. The molecule has 1 aromatic heterocycles. The van der Waals surface area contributed by atoms with Crippen molar-refractivity contribution >= 4 is 49.8 Å². The molecule has 0 saturated heterocycles. The first kappa shape index (κ1) is 33.2. The van der Waals surface area contributed by atoms with E-state index in [2.05, 4.69) is 219 Å². The zero-order chi connectivity index (χ0) is 38.1. The molecule has 0 fully saturated rings. The molecule has 9 aromatic carbocycles. The number of nitrogens with zero attached hydrogens (tertiary/aromatic N) is 1. The van der Waals surface area contributed by atoms with E-state index in [1.807, 2.05) is 0 Å². The fourth-order valence-corrected chi connectivity index (χ4v) is 9.13. The van der Waals surface area contributed by atoms with Crippen molar-refractivity contribution in [2.75, 3.05) is 4.90 Å².